The minimum atomic E-state index is -3.20. The Morgan fingerprint density at radius 1 is 1.03 bits per heavy atom. The molecule has 8 heteroatoms. The number of ether oxygens (including phenoxy) is 1. The number of ketones is 1. The Balaban J connectivity index is 3.27. The Labute approximate surface area is 176 Å². The van der Waals surface area contributed by atoms with E-state index >= 15 is 0 Å². The van der Waals surface area contributed by atoms with E-state index in [-0.39, 0.29) is 17.0 Å². The van der Waals surface area contributed by atoms with Crippen molar-refractivity contribution in [1.29, 1.82) is 0 Å². The molecule has 1 aromatic carbocycles. The van der Waals surface area contributed by atoms with Gasteiger partial charge in [0.05, 0.1) is 19.4 Å². The highest BCUT2D eigenvalue weighted by molar-refractivity contribution is 7.53. The van der Waals surface area contributed by atoms with Crippen LogP contribution in [-0.4, -0.2) is 34.4 Å². The molecule has 166 valence electrons. The van der Waals surface area contributed by atoms with Crippen LogP contribution in [0.5, 0.6) is 0 Å². The van der Waals surface area contributed by atoms with Crippen LogP contribution in [0.1, 0.15) is 52.7 Å². The number of carbonyl (C=O) groups is 1. The van der Waals surface area contributed by atoms with Crippen LogP contribution in [0.2, 0.25) is 18.1 Å². The van der Waals surface area contributed by atoms with Crippen molar-refractivity contribution >= 4 is 21.7 Å². The molecule has 1 rings (SSSR count). The maximum atomic E-state index is 12.8. The first-order valence-corrected chi connectivity index (χ1v) is 14.6. The summed E-state index contributed by atoms with van der Waals surface area (Å²) in [5, 5.41) is -0.0895. The van der Waals surface area contributed by atoms with Gasteiger partial charge in [-0.15, -0.1) is 0 Å². The molecule has 0 bridgehead atoms. The number of rotatable bonds is 11. The van der Waals surface area contributed by atoms with Crippen LogP contribution >= 0.6 is 7.60 Å². The average molecular weight is 445 g/mol. The van der Waals surface area contributed by atoms with Crippen molar-refractivity contribution in [3.05, 3.63) is 35.4 Å². The van der Waals surface area contributed by atoms with Crippen molar-refractivity contribution in [2.75, 3.05) is 20.3 Å². The van der Waals surface area contributed by atoms with E-state index in [2.05, 4.69) is 33.9 Å². The van der Waals surface area contributed by atoms with Crippen LogP contribution in [0.4, 0.5) is 0 Å². The van der Waals surface area contributed by atoms with Crippen molar-refractivity contribution in [1.82, 2.24) is 0 Å². The first-order chi connectivity index (χ1) is 13.3. The van der Waals surface area contributed by atoms with E-state index in [1.807, 2.05) is 12.1 Å². The van der Waals surface area contributed by atoms with Crippen molar-refractivity contribution in [3.8, 4) is 0 Å². The molecule has 0 spiro atoms. The minimum absolute atomic E-state index is 0.0895. The first kappa shape index (κ1) is 26.2. The van der Waals surface area contributed by atoms with Gasteiger partial charge in [-0.3, -0.25) is 9.36 Å². The third-order valence-electron chi connectivity index (χ3n) is 5.32. The van der Waals surface area contributed by atoms with Crippen molar-refractivity contribution < 1.29 is 27.6 Å². The Morgan fingerprint density at radius 3 is 1.86 bits per heavy atom. The summed E-state index contributed by atoms with van der Waals surface area (Å²) < 4.78 is 35.7. The van der Waals surface area contributed by atoms with Gasteiger partial charge < -0.3 is 18.2 Å². The number of benzene rings is 1. The Bertz CT molecular complexity index is 716. The largest absolute Gasteiger partial charge is 0.381 e. The zero-order valence-corrected chi connectivity index (χ0v) is 21.2. The van der Waals surface area contributed by atoms with E-state index in [9.17, 15) is 9.36 Å². The van der Waals surface area contributed by atoms with Gasteiger partial charge in [0.1, 0.15) is 0 Å². The average Bonchev–Trinajstić information content (AvgIpc) is 2.59. The van der Waals surface area contributed by atoms with E-state index in [0.29, 0.717) is 18.8 Å². The van der Waals surface area contributed by atoms with Gasteiger partial charge in [0.25, 0.3) is 0 Å². The fraction of sp³-hybridized carbons (Fsp3) is 0.667. The molecule has 0 aliphatic heterocycles. The number of Topliss-reactive ketones (excluding diaryl/α,β-unsaturated/α-hetero) is 1. The van der Waals surface area contributed by atoms with Gasteiger partial charge >= 0.3 is 7.60 Å². The molecule has 0 amide bonds. The second-order valence-electron chi connectivity index (χ2n) is 8.54. The lowest BCUT2D eigenvalue weighted by Crippen LogP contribution is -2.52. The number of hydrogen-bond acceptors (Lipinski definition) is 6. The number of carbonyl (C=O) groups excluding carboxylic acids is 1. The topological polar surface area (TPSA) is 71.1 Å². The highest BCUT2D eigenvalue weighted by atomic mass is 31.2. The van der Waals surface area contributed by atoms with Gasteiger partial charge in [0, 0.05) is 19.6 Å². The number of methoxy groups -OCH3 is 1. The molecule has 1 aromatic rings. The molecule has 0 heterocycles. The van der Waals surface area contributed by atoms with E-state index in [1.165, 1.54) is 14.0 Å². The van der Waals surface area contributed by atoms with Gasteiger partial charge in [-0.1, -0.05) is 45.0 Å². The van der Waals surface area contributed by atoms with Crippen LogP contribution in [0.25, 0.3) is 0 Å². The highest BCUT2D eigenvalue weighted by Crippen LogP contribution is 2.51. The molecule has 0 saturated carbocycles. The molecule has 1 atom stereocenters. The summed E-state index contributed by atoms with van der Waals surface area (Å²) in [5.41, 5.74) is 1.41. The lowest BCUT2D eigenvalue weighted by Gasteiger charge is -2.43. The Kier molecular flexibility index (Phi) is 9.03. The van der Waals surface area contributed by atoms with Gasteiger partial charge in [0.2, 0.25) is 5.79 Å². The summed E-state index contributed by atoms with van der Waals surface area (Å²) in [6.07, 6.45) is 0.165. The molecule has 0 radical (unpaired) electrons. The first-order valence-electron chi connectivity index (χ1n) is 10.0. The van der Waals surface area contributed by atoms with Crippen molar-refractivity contribution in [3.63, 3.8) is 0 Å². The Hall–Kier alpha value is -0.823. The van der Waals surface area contributed by atoms with Crippen LogP contribution in [-0.2, 0) is 39.5 Å². The van der Waals surface area contributed by atoms with Gasteiger partial charge in [0.15, 0.2) is 14.1 Å². The van der Waals surface area contributed by atoms with Gasteiger partial charge in [-0.05, 0) is 37.5 Å². The second-order valence-corrected chi connectivity index (χ2v) is 15.3. The normalized spacial score (nSPS) is 15.2. The smallest absolute Gasteiger partial charge is 0.335 e. The van der Waals surface area contributed by atoms with E-state index < -0.39 is 21.7 Å². The fourth-order valence-electron chi connectivity index (χ4n) is 2.72. The minimum Gasteiger partial charge on any atom is -0.381 e. The maximum absolute atomic E-state index is 12.8. The van der Waals surface area contributed by atoms with Crippen LogP contribution in [0, 0.1) is 0 Å². The summed E-state index contributed by atoms with van der Waals surface area (Å²) in [4.78, 5) is 12.7. The van der Waals surface area contributed by atoms with Crippen LogP contribution in [0.3, 0.4) is 0 Å². The summed E-state index contributed by atoms with van der Waals surface area (Å²) in [6.45, 7) is 16.2. The Morgan fingerprint density at radius 2 is 1.52 bits per heavy atom. The lowest BCUT2D eigenvalue weighted by molar-refractivity contribution is -0.190. The standard InChI is InChI=1S/C21H37O6PSi/c1-10-25-28(23,26-11-2)16-18-12-14-19(15-13-18)21(24-7,17(3)22)27-29(8,9)20(4,5)6/h12-15H,10-11,16H2,1-9H3. The summed E-state index contributed by atoms with van der Waals surface area (Å²) in [7, 11) is -4.02. The van der Waals surface area contributed by atoms with Crippen molar-refractivity contribution in [2.45, 2.75) is 71.6 Å². The monoisotopic (exact) mass is 444 g/mol. The second kappa shape index (κ2) is 9.99. The zero-order valence-electron chi connectivity index (χ0n) is 19.3. The van der Waals surface area contributed by atoms with E-state index in [1.54, 1.807) is 26.0 Å². The summed E-state index contributed by atoms with van der Waals surface area (Å²) in [6, 6.07) is 7.20. The van der Waals surface area contributed by atoms with Crippen LogP contribution < -0.4 is 0 Å². The highest BCUT2D eigenvalue weighted by Gasteiger charge is 2.49. The third kappa shape index (κ3) is 6.33. The van der Waals surface area contributed by atoms with Gasteiger partial charge in [-0.25, -0.2) is 0 Å². The lowest BCUT2D eigenvalue weighted by atomic mass is 10.0. The molecule has 0 fully saturated rings. The van der Waals surface area contributed by atoms with E-state index in [0.717, 1.165) is 5.56 Å². The van der Waals surface area contributed by atoms with Crippen molar-refractivity contribution in [2.24, 2.45) is 0 Å². The maximum Gasteiger partial charge on any atom is 0.335 e. The molecule has 6 nitrogen and oxygen atoms in total. The summed E-state index contributed by atoms with van der Waals surface area (Å²) >= 11 is 0. The molecular formula is C21H37O6PSi. The molecule has 0 aliphatic rings. The number of hydrogen-bond donors (Lipinski definition) is 0. The quantitative estimate of drug-likeness (QED) is 0.242. The molecule has 0 saturated heterocycles. The zero-order chi connectivity index (χ0) is 22.5. The fourth-order valence-corrected chi connectivity index (χ4v) is 5.80. The molecule has 1 unspecified atom stereocenters. The van der Waals surface area contributed by atoms with E-state index in [4.69, 9.17) is 18.2 Å². The van der Waals surface area contributed by atoms with Crippen LogP contribution in [0.15, 0.2) is 24.3 Å². The predicted molar refractivity (Wildman–Crippen MR) is 119 cm³/mol. The molecule has 0 aromatic heterocycles. The van der Waals surface area contributed by atoms with Gasteiger partial charge in [-0.2, -0.15) is 0 Å². The molecule has 0 N–H and O–H groups in total. The molecule has 0 aliphatic carbocycles. The third-order valence-corrected chi connectivity index (χ3v) is 11.8. The molecular weight excluding hydrogens is 407 g/mol. The molecule has 29 heavy (non-hydrogen) atoms. The predicted octanol–water partition coefficient (Wildman–Crippen LogP) is 5.86. The SMILES string of the molecule is CCOP(=O)(Cc1ccc(C(OC)(O[Si](C)(C)C(C)(C)C)C(C)=O)cc1)OCC. The summed E-state index contributed by atoms with van der Waals surface area (Å²) in [5.74, 6) is -1.68.